The molecule has 1 saturated heterocycles. The average Bonchev–Trinajstić information content (AvgIpc) is 3.18. The van der Waals surface area contributed by atoms with Crippen molar-refractivity contribution in [1.29, 1.82) is 0 Å². The lowest BCUT2D eigenvalue weighted by molar-refractivity contribution is -0.119. The molecule has 0 bridgehead atoms. The molecular weight excluding hydrogens is 410 g/mol. The summed E-state index contributed by atoms with van der Waals surface area (Å²) in [6, 6.07) is 14.4. The first-order chi connectivity index (χ1) is 13.8. The fourth-order valence-electron chi connectivity index (χ4n) is 3.45. The van der Waals surface area contributed by atoms with E-state index in [1.807, 2.05) is 18.2 Å². The van der Waals surface area contributed by atoms with E-state index in [0.29, 0.717) is 17.3 Å². The van der Waals surface area contributed by atoms with Gasteiger partial charge in [0.05, 0.1) is 11.9 Å². The van der Waals surface area contributed by atoms with Crippen LogP contribution in [-0.2, 0) is 27.9 Å². The lowest BCUT2D eigenvalue weighted by atomic mass is 10.1. The van der Waals surface area contributed by atoms with Crippen LogP contribution in [0.25, 0.3) is 0 Å². The Morgan fingerprint density at radius 1 is 1.07 bits per heavy atom. The van der Waals surface area contributed by atoms with Crippen molar-refractivity contribution in [3.05, 3.63) is 64.7 Å². The minimum Gasteiger partial charge on any atom is -0.350 e. The number of amides is 1. The molecule has 1 aliphatic rings. The SMILES string of the molecule is CS(=O)(=O)N(CC(=O)NCc1ccccc1CN1CCCC1)c1ccc(Cl)cc1. The predicted octanol–water partition coefficient (Wildman–Crippen LogP) is 3.02. The van der Waals surface area contributed by atoms with Crippen LogP contribution in [0.3, 0.4) is 0 Å². The number of nitrogens with zero attached hydrogens (tertiary/aromatic N) is 2. The summed E-state index contributed by atoms with van der Waals surface area (Å²) in [6.45, 7) is 3.15. The summed E-state index contributed by atoms with van der Waals surface area (Å²) < 4.78 is 25.4. The predicted molar refractivity (Wildman–Crippen MR) is 116 cm³/mol. The number of benzene rings is 2. The fourth-order valence-corrected chi connectivity index (χ4v) is 4.44. The van der Waals surface area contributed by atoms with Crippen LogP contribution in [-0.4, -0.2) is 45.1 Å². The zero-order valence-electron chi connectivity index (χ0n) is 16.5. The molecule has 1 N–H and O–H groups in total. The second-order valence-corrected chi connectivity index (χ2v) is 9.62. The Morgan fingerprint density at radius 3 is 2.31 bits per heavy atom. The van der Waals surface area contributed by atoms with E-state index in [-0.39, 0.29) is 12.5 Å². The van der Waals surface area contributed by atoms with E-state index in [9.17, 15) is 13.2 Å². The Kier molecular flexibility index (Phi) is 7.16. The third kappa shape index (κ3) is 6.19. The van der Waals surface area contributed by atoms with Crippen molar-refractivity contribution in [2.75, 3.05) is 30.2 Å². The molecule has 8 heteroatoms. The van der Waals surface area contributed by atoms with Gasteiger partial charge in [0.2, 0.25) is 15.9 Å². The molecule has 2 aromatic carbocycles. The third-order valence-electron chi connectivity index (χ3n) is 4.99. The molecule has 1 amide bonds. The molecule has 1 heterocycles. The zero-order valence-corrected chi connectivity index (χ0v) is 18.0. The van der Waals surface area contributed by atoms with Gasteiger partial charge in [0.15, 0.2) is 0 Å². The lowest BCUT2D eigenvalue weighted by Gasteiger charge is -2.22. The highest BCUT2D eigenvalue weighted by Crippen LogP contribution is 2.20. The second-order valence-electron chi connectivity index (χ2n) is 7.27. The molecule has 1 aliphatic heterocycles. The fraction of sp³-hybridized carbons (Fsp3) is 0.381. The maximum atomic E-state index is 12.5. The van der Waals surface area contributed by atoms with E-state index in [2.05, 4.69) is 16.3 Å². The number of sulfonamides is 1. The van der Waals surface area contributed by atoms with Gasteiger partial charge in [-0.1, -0.05) is 35.9 Å². The molecule has 6 nitrogen and oxygen atoms in total. The van der Waals surface area contributed by atoms with Gasteiger partial charge in [-0.25, -0.2) is 8.42 Å². The van der Waals surface area contributed by atoms with E-state index in [1.165, 1.54) is 18.4 Å². The number of likely N-dealkylation sites (tertiary alicyclic amines) is 1. The van der Waals surface area contributed by atoms with E-state index < -0.39 is 10.0 Å². The van der Waals surface area contributed by atoms with E-state index in [0.717, 1.165) is 35.8 Å². The molecule has 0 saturated carbocycles. The Morgan fingerprint density at radius 2 is 1.69 bits per heavy atom. The van der Waals surface area contributed by atoms with Crippen LogP contribution in [0.5, 0.6) is 0 Å². The summed E-state index contributed by atoms with van der Waals surface area (Å²) in [5, 5.41) is 3.36. The molecule has 0 spiro atoms. The molecular formula is C21H26ClN3O3S. The maximum Gasteiger partial charge on any atom is 0.241 e. The zero-order chi connectivity index (χ0) is 20.9. The van der Waals surface area contributed by atoms with Gasteiger partial charge >= 0.3 is 0 Å². The van der Waals surface area contributed by atoms with Crippen LogP contribution >= 0.6 is 11.6 Å². The molecule has 0 radical (unpaired) electrons. The van der Waals surface area contributed by atoms with Crippen molar-refractivity contribution in [2.24, 2.45) is 0 Å². The number of anilines is 1. The summed E-state index contributed by atoms with van der Waals surface area (Å²) in [7, 11) is -3.61. The minimum atomic E-state index is -3.61. The summed E-state index contributed by atoms with van der Waals surface area (Å²) in [6.07, 6.45) is 3.54. The summed E-state index contributed by atoms with van der Waals surface area (Å²) in [5.74, 6) is -0.360. The van der Waals surface area contributed by atoms with Gasteiger partial charge in [-0.05, 0) is 61.3 Å². The number of hydrogen-bond acceptors (Lipinski definition) is 4. The van der Waals surface area contributed by atoms with Crippen LogP contribution < -0.4 is 9.62 Å². The van der Waals surface area contributed by atoms with Crippen LogP contribution in [0.15, 0.2) is 48.5 Å². The topological polar surface area (TPSA) is 69.7 Å². The molecule has 1 fully saturated rings. The van der Waals surface area contributed by atoms with Gasteiger partial charge in [-0.15, -0.1) is 0 Å². The average molecular weight is 436 g/mol. The standard InChI is InChI=1S/C21H26ClN3O3S/c1-29(27,28)25(20-10-8-19(22)9-11-20)16-21(26)23-14-17-6-2-3-7-18(17)15-24-12-4-5-13-24/h2-3,6-11H,4-5,12-16H2,1H3,(H,23,26). The Labute approximate surface area is 177 Å². The van der Waals surface area contributed by atoms with Crippen molar-refractivity contribution >= 4 is 33.2 Å². The summed E-state index contributed by atoms with van der Waals surface area (Å²) >= 11 is 5.88. The Hall–Kier alpha value is -2.09. The monoisotopic (exact) mass is 435 g/mol. The van der Waals surface area contributed by atoms with Crippen molar-refractivity contribution in [3.8, 4) is 0 Å². The van der Waals surface area contributed by atoms with Crippen molar-refractivity contribution in [1.82, 2.24) is 10.2 Å². The molecule has 0 atom stereocenters. The largest absolute Gasteiger partial charge is 0.350 e. The highest BCUT2D eigenvalue weighted by atomic mass is 35.5. The minimum absolute atomic E-state index is 0.283. The van der Waals surface area contributed by atoms with Gasteiger partial charge in [0, 0.05) is 18.1 Å². The smallest absolute Gasteiger partial charge is 0.241 e. The van der Waals surface area contributed by atoms with Crippen LogP contribution in [0.4, 0.5) is 5.69 Å². The molecule has 3 rings (SSSR count). The highest BCUT2D eigenvalue weighted by Gasteiger charge is 2.21. The van der Waals surface area contributed by atoms with E-state index in [4.69, 9.17) is 11.6 Å². The van der Waals surface area contributed by atoms with Gasteiger partial charge < -0.3 is 5.32 Å². The van der Waals surface area contributed by atoms with E-state index in [1.54, 1.807) is 24.3 Å². The highest BCUT2D eigenvalue weighted by molar-refractivity contribution is 7.92. The van der Waals surface area contributed by atoms with Crippen LogP contribution in [0.2, 0.25) is 5.02 Å². The molecule has 2 aromatic rings. The molecule has 29 heavy (non-hydrogen) atoms. The van der Waals surface area contributed by atoms with Crippen LogP contribution in [0, 0.1) is 0 Å². The number of nitrogens with one attached hydrogen (secondary N) is 1. The van der Waals surface area contributed by atoms with Gasteiger partial charge in [0.1, 0.15) is 6.54 Å². The van der Waals surface area contributed by atoms with E-state index >= 15 is 0 Å². The van der Waals surface area contributed by atoms with Crippen LogP contribution in [0.1, 0.15) is 24.0 Å². The second kappa shape index (κ2) is 9.61. The van der Waals surface area contributed by atoms with Crippen molar-refractivity contribution in [2.45, 2.75) is 25.9 Å². The van der Waals surface area contributed by atoms with Crippen molar-refractivity contribution < 1.29 is 13.2 Å². The summed E-state index contributed by atoms with van der Waals surface area (Å²) in [4.78, 5) is 14.9. The number of halogens is 1. The van der Waals surface area contributed by atoms with Gasteiger partial charge in [-0.3, -0.25) is 14.0 Å². The number of rotatable bonds is 8. The molecule has 0 aliphatic carbocycles. The molecule has 0 aromatic heterocycles. The first-order valence-electron chi connectivity index (χ1n) is 9.62. The number of hydrogen-bond donors (Lipinski definition) is 1. The first-order valence-corrected chi connectivity index (χ1v) is 11.8. The number of carbonyl (C=O) groups is 1. The normalized spacial score (nSPS) is 14.7. The maximum absolute atomic E-state index is 12.5. The van der Waals surface area contributed by atoms with Gasteiger partial charge in [0.25, 0.3) is 0 Å². The Balaban J connectivity index is 1.64. The van der Waals surface area contributed by atoms with Gasteiger partial charge in [-0.2, -0.15) is 0 Å². The molecule has 156 valence electrons. The molecule has 0 unspecified atom stereocenters. The quantitative estimate of drug-likeness (QED) is 0.692. The third-order valence-corrected chi connectivity index (χ3v) is 6.38. The summed E-state index contributed by atoms with van der Waals surface area (Å²) in [5.41, 5.74) is 2.64. The first kappa shape index (κ1) is 21.6. The Bertz CT molecular complexity index is 942. The lowest BCUT2D eigenvalue weighted by Crippen LogP contribution is -2.40. The number of carbonyl (C=O) groups excluding carboxylic acids is 1. The van der Waals surface area contributed by atoms with Crippen molar-refractivity contribution in [3.63, 3.8) is 0 Å².